The fourth-order valence-corrected chi connectivity index (χ4v) is 4.72. The highest BCUT2D eigenvalue weighted by atomic mass is 35.5. The first-order chi connectivity index (χ1) is 14.0. The zero-order valence-electron chi connectivity index (χ0n) is 16.3. The Kier molecular flexibility index (Phi) is 5.65. The first-order valence-electron chi connectivity index (χ1n) is 9.42. The number of benzene rings is 2. The number of imidazole rings is 1. The molecule has 0 N–H and O–H groups in total. The summed E-state index contributed by atoms with van der Waals surface area (Å²) < 4.78 is 3.10. The number of anilines is 1. The second kappa shape index (κ2) is 8.35. The molecule has 0 aliphatic rings. The van der Waals surface area contributed by atoms with Crippen LogP contribution >= 0.6 is 22.9 Å². The molecule has 4 aromatic rings. The average molecular weight is 425 g/mol. The first-order valence-corrected chi connectivity index (χ1v) is 10.6. The topological polar surface area (TPSA) is 51.0 Å². The van der Waals surface area contributed by atoms with Gasteiger partial charge in [-0.1, -0.05) is 35.1 Å². The van der Waals surface area contributed by atoms with E-state index in [1.54, 1.807) is 53.0 Å². The molecule has 0 unspecified atom stereocenters. The van der Waals surface area contributed by atoms with E-state index in [4.69, 9.17) is 16.6 Å². The van der Waals surface area contributed by atoms with Crippen LogP contribution < -0.4 is 4.90 Å². The number of thiazole rings is 1. The third-order valence-corrected chi connectivity index (χ3v) is 5.98. The molecule has 0 radical (unpaired) electrons. The van der Waals surface area contributed by atoms with Gasteiger partial charge in [0.25, 0.3) is 5.91 Å². The summed E-state index contributed by atoms with van der Waals surface area (Å²) in [6.07, 6.45) is 6.25. The van der Waals surface area contributed by atoms with Crippen molar-refractivity contribution in [1.82, 2.24) is 14.5 Å². The van der Waals surface area contributed by atoms with E-state index in [-0.39, 0.29) is 5.91 Å². The number of fused-ring (bicyclic) bond motifs is 1. The van der Waals surface area contributed by atoms with Gasteiger partial charge in [-0.2, -0.15) is 0 Å². The van der Waals surface area contributed by atoms with Crippen molar-refractivity contribution in [3.8, 4) is 0 Å². The molecule has 0 fully saturated rings. The Hall–Kier alpha value is -2.70. The number of carbonyl (C=O) groups excluding carboxylic acids is 1. The van der Waals surface area contributed by atoms with Crippen molar-refractivity contribution in [1.29, 1.82) is 0 Å². The van der Waals surface area contributed by atoms with Gasteiger partial charge in [0, 0.05) is 36.1 Å². The van der Waals surface area contributed by atoms with Crippen molar-refractivity contribution in [3.63, 3.8) is 0 Å². The minimum Gasteiger partial charge on any atom is -0.337 e. The van der Waals surface area contributed by atoms with E-state index in [9.17, 15) is 4.79 Å². The molecule has 0 aliphatic carbocycles. The number of rotatable bonds is 6. The maximum Gasteiger partial charge on any atom is 0.260 e. The smallest absolute Gasteiger partial charge is 0.260 e. The summed E-state index contributed by atoms with van der Waals surface area (Å²) in [6.45, 7) is 5.47. The minimum atomic E-state index is -0.0911. The molecule has 2 aromatic heterocycles. The summed E-state index contributed by atoms with van der Waals surface area (Å²) >= 11 is 7.67. The summed E-state index contributed by atoms with van der Waals surface area (Å²) in [6, 6.07) is 11.3. The number of aryl methyl sites for hydroxylation is 3. The largest absolute Gasteiger partial charge is 0.337 e. The Bertz CT molecular complexity index is 1150. The zero-order valence-corrected chi connectivity index (χ0v) is 17.9. The van der Waals surface area contributed by atoms with Crippen LogP contribution in [0.1, 0.15) is 27.9 Å². The number of hydrogen-bond acceptors (Lipinski definition) is 4. The number of amides is 1. The summed E-state index contributed by atoms with van der Waals surface area (Å²) in [5.74, 6) is -0.0911. The Morgan fingerprint density at radius 2 is 2.10 bits per heavy atom. The van der Waals surface area contributed by atoms with Gasteiger partial charge in [0.15, 0.2) is 5.13 Å². The number of aromatic nitrogens is 3. The average Bonchev–Trinajstić information content (AvgIpc) is 3.34. The van der Waals surface area contributed by atoms with Gasteiger partial charge in [-0.15, -0.1) is 0 Å². The predicted molar refractivity (Wildman–Crippen MR) is 119 cm³/mol. The lowest BCUT2D eigenvalue weighted by Gasteiger charge is -2.20. The highest BCUT2D eigenvalue weighted by Gasteiger charge is 2.22. The van der Waals surface area contributed by atoms with E-state index in [0.29, 0.717) is 22.3 Å². The van der Waals surface area contributed by atoms with Gasteiger partial charge in [0.1, 0.15) is 0 Å². The van der Waals surface area contributed by atoms with E-state index in [1.807, 2.05) is 10.8 Å². The standard InChI is InChI=1S/C22H21ClN4OS/c1-15-11-16(2)20-19(12-15)29-22(25-20)27(9-4-8-26-10-7-24-14-26)21(28)17-5-3-6-18(23)13-17/h3,5-7,10-14H,4,8-9H2,1-2H3. The van der Waals surface area contributed by atoms with Crippen LogP contribution in [0.4, 0.5) is 5.13 Å². The summed E-state index contributed by atoms with van der Waals surface area (Å²) in [5.41, 5.74) is 3.83. The molecule has 0 aliphatic heterocycles. The Balaban J connectivity index is 1.67. The molecule has 0 saturated carbocycles. The van der Waals surface area contributed by atoms with Crippen LogP contribution in [0.25, 0.3) is 10.2 Å². The Morgan fingerprint density at radius 1 is 1.24 bits per heavy atom. The van der Waals surface area contributed by atoms with Crippen LogP contribution in [0.15, 0.2) is 55.1 Å². The van der Waals surface area contributed by atoms with Crippen molar-refractivity contribution >= 4 is 44.2 Å². The highest BCUT2D eigenvalue weighted by molar-refractivity contribution is 7.22. The summed E-state index contributed by atoms with van der Waals surface area (Å²) in [7, 11) is 0. The lowest BCUT2D eigenvalue weighted by Crippen LogP contribution is -2.32. The predicted octanol–water partition coefficient (Wildman–Crippen LogP) is 5.50. The quantitative estimate of drug-likeness (QED) is 0.410. The second-order valence-electron chi connectivity index (χ2n) is 7.05. The van der Waals surface area contributed by atoms with Gasteiger partial charge in [0.05, 0.1) is 16.5 Å². The number of nitrogens with zero attached hydrogens (tertiary/aromatic N) is 4. The number of carbonyl (C=O) groups is 1. The van der Waals surface area contributed by atoms with Crippen molar-refractivity contribution in [3.05, 3.63) is 76.8 Å². The fourth-order valence-electron chi connectivity index (χ4n) is 3.37. The molecular weight excluding hydrogens is 404 g/mol. The third-order valence-electron chi connectivity index (χ3n) is 4.72. The first kappa shape index (κ1) is 19.6. The van der Waals surface area contributed by atoms with Crippen molar-refractivity contribution in [2.75, 3.05) is 11.4 Å². The third kappa shape index (κ3) is 4.33. The molecule has 29 heavy (non-hydrogen) atoms. The minimum absolute atomic E-state index is 0.0911. The van der Waals surface area contributed by atoms with Gasteiger partial charge in [-0.05, 0) is 55.7 Å². The molecule has 0 saturated heterocycles. The monoisotopic (exact) mass is 424 g/mol. The van der Waals surface area contributed by atoms with Crippen LogP contribution in [0, 0.1) is 13.8 Å². The molecular formula is C22H21ClN4OS. The molecule has 7 heteroatoms. The normalized spacial score (nSPS) is 11.1. The fraction of sp³-hybridized carbons (Fsp3) is 0.227. The van der Waals surface area contributed by atoms with Gasteiger partial charge >= 0.3 is 0 Å². The molecule has 4 rings (SSSR count). The number of halogens is 1. The highest BCUT2D eigenvalue weighted by Crippen LogP contribution is 2.32. The molecule has 0 atom stereocenters. The molecule has 0 bridgehead atoms. The van der Waals surface area contributed by atoms with Gasteiger partial charge in [-0.3, -0.25) is 9.69 Å². The summed E-state index contributed by atoms with van der Waals surface area (Å²) in [4.78, 5) is 24.0. The molecule has 2 heterocycles. The van der Waals surface area contributed by atoms with E-state index in [2.05, 4.69) is 31.0 Å². The SMILES string of the molecule is Cc1cc(C)c2nc(N(CCCn3ccnc3)C(=O)c3cccc(Cl)c3)sc2c1. The molecule has 2 aromatic carbocycles. The van der Waals surface area contributed by atoms with E-state index < -0.39 is 0 Å². The van der Waals surface area contributed by atoms with Crippen molar-refractivity contribution in [2.45, 2.75) is 26.8 Å². The maximum atomic E-state index is 13.3. The van der Waals surface area contributed by atoms with Crippen LogP contribution in [0.5, 0.6) is 0 Å². The van der Waals surface area contributed by atoms with E-state index in [1.165, 1.54) is 5.56 Å². The van der Waals surface area contributed by atoms with Crippen LogP contribution in [-0.4, -0.2) is 27.0 Å². The van der Waals surface area contributed by atoms with Crippen LogP contribution in [0.2, 0.25) is 5.02 Å². The number of hydrogen-bond donors (Lipinski definition) is 0. The van der Waals surface area contributed by atoms with E-state index in [0.717, 1.165) is 28.7 Å². The lowest BCUT2D eigenvalue weighted by atomic mass is 10.1. The van der Waals surface area contributed by atoms with E-state index >= 15 is 0 Å². The van der Waals surface area contributed by atoms with Gasteiger partial charge in [0.2, 0.25) is 0 Å². The van der Waals surface area contributed by atoms with Crippen molar-refractivity contribution < 1.29 is 4.79 Å². The van der Waals surface area contributed by atoms with Gasteiger partial charge < -0.3 is 4.57 Å². The lowest BCUT2D eigenvalue weighted by molar-refractivity contribution is 0.0986. The molecule has 0 spiro atoms. The van der Waals surface area contributed by atoms with Gasteiger partial charge in [-0.25, -0.2) is 9.97 Å². The maximum absolute atomic E-state index is 13.3. The van der Waals surface area contributed by atoms with Crippen LogP contribution in [-0.2, 0) is 6.54 Å². The molecule has 5 nitrogen and oxygen atoms in total. The summed E-state index contributed by atoms with van der Waals surface area (Å²) in [5, 5.41) is 1.26. The second-order valence-corrected chi connectivity index (χ2v) is 8.49. The Labute approximate surface area is 178 Å². The molecule has 148 valence electrons. The van der Waals surface area contributed by atoms with Crippen molar-refractivity contribution in [2.24, 2.45) is 0 Å². The Morgan fingerprint density at radius 3 is 2.86 bits per heavy atom. The van der Waals surface area contributed by atoms with Crippen LogP contribution in [0.3, 0.4) is 0 Å². The molecule has 1 amide bonds. The zero-order chi connectivity index (χ0) is 20.4.